The quantitative estimate of drug-likeness (QED) is 0.619. The molecule has 136 valence electrons. The van der Waals surface area contributed by atoms with Crippen molar-refractivity contribution in [3.8, 4) is 16.3 Å². The van der Waals surface area contributed by atoms with Crippen molar-refractivity contribution < 1.29 is 4.74 Å². The van der Waals surface area contributed by atoms with E-state index in [-0.39, 0.29) is 0 Å². The molecule has 0 saturated carbocycles. The fraction of sp³-hybridized carbons (Fsp3) is 0.286. The molecule has 26 heavy (non-hydrogen) atoms. The molecule has 5 heteroatoms. The molecule has 4 nitrogen and oxygen atoms in total. The van der Waals surface area contributed by atoms with E-state index in [1.54, 1.807) is 11.3 Å². The molecule has 0 radical (unpaired) electrons. The monoisotopic (exact) mass is 367 g/mol. The van der Waals surface area contributed by atoms with E-state index in [0.29, 0.717) is 6.61 Å². The highest BCUT2D eigenvalue weighted by Gasteiger charge is 2.07. The van der Waals surface area contributed by atoms with Crippen molar-refractivity contribution >= 4 is 11.3 Å². The Morgan fingerprint density at radius 2 is 1.92 bits per heavy atom. The summed E-state index contributed by atoms with van der Waals surface area (Å²) < 4.78 is 6.10. The van der Waals surface area contributed by atoms with Gasteiger partial charge in [-0.1, -0.05) is 42.5 Å². The molecule has 1 aromatic heterocycles. The van der Waals surface area contributed by atoms with Gasteiger partial charge in [0.15, 0.2) is 0 Å². The second kappa shape index (κ2) is 9.48. The lowest BCUT2D eigenvalue weighted by Crippen LogP contribution is -2.27. The van der Waals surface area contributed by atoms with Gasteiger partial charge in [0.2, 0.25) is 0 Å². The van der Waals surface area contributed by atoms with Crippen LogP contribution in [-0.4, -0.2) is 37.1 Å². The van der Waals surface area contributed by atoms with Crippen molar-refractivity contribution in [1.29, 1.82) is 0 Å². The molecule has 0 spiro atoms. The van der Waals surface area contributed by atoms with E-state index < -0.39 is 0 Å². The average molecular weight is 368 g/mol. The van der Waals surface area contributed by atoms with Gasteiger partial charge in [-0.2, -0.15) is 0 Å². The predicted molar refractivity (Wildman–Crippen MR) is 109 cm³/mol. The number of ether oxygens (including phenoxy) is 1. The van der Waals surface area contributed by atoms with Crippen LogP contribution in [0, 0.1) is 0 Å². The molecule has 0 fully saturated rings. The van der Waals surface area contributed by atoms with Crippen LogP contribution in [0.15, 0.2) is 60.1 Å². The summed E-state index contributed by atoms with van der Waals surface area (Å²) in [6.07, 6.45) is 1.83. The molecule has 0 atom stereocenters. The molecular formula is C21H25N3OS. The summed E-state index contributed by atoms with van der Waals surface area (Å²) in [5.41, 5.74) is 3.52. The molecule has 0 aliphatic rings. The molecule has 1 heterocycles. The Labute approximate surface area is 159 Å². The number of hydrogen-bond donors (Lipinski definition) is 1. The second-order valence-electron chi connectivity index (χ2n) is 6.27. The Morgan fingerprint density at radius 3 is 2.65 bits per heavy atom. The van der Waals surface area contributed by atoms with Crippen LogP contribution in [0.4, 0.5) is 0 Å². The average Bonchev–Trinajstić information content (AvgIpc) is 3.21. The van der Waals surface area contributed by atoms with Gasteiger partial charge in [-0.25, -0.2) is 4.98 Å². The molecule has 0 amide bonds. The van der Waals surface area contributed by atoms with Crippen molar-refractivity contribution in [1.82, 2.24) is 15.2 Å². The molecule has 0 aliphatic heterocycles. The molecule has 1 N–H and O–H groups in total. The molecular weight excluding hydrogens is 342 g/mol. The minimum Gasteiger partial charge on any atom is -0.489 e. The summed E-state index contributed by atoms with van der Waals surface area (Å²) in [5, 5.41) is 6.23. The number of thiazole rings is 1. The summed E-state index contributed by atoms with van der Waals surface area (Å²) in [5.74, 6) is 0.952. The van der Waals surface area contributed by atoms with E-state index in [2.05, 4.69) is 58.6 Å². The highest BCUT2D eigenvalue weighted by molar-refractivity contribution is 7.13. The number of rotatable bonds is 9. The Balaban J connectivity index is 1.61. The van der Waals surface area contributed by atoms with Crippen LogP contribution in [0.5, 0.6) is 5.75 Å². The fourth-order valence-electron chi connectivity index (χ4n) is 2.72. The maximum absolute atomic E-state index is 6.10. The maximum atomic E-state index is 6.10. The van der Waals surface area contributed by atoms with E-state index in [1.807, 2.05) is 30.8 Å². The van der Waals surface area contributed by atoms with Gasteiger partial charge in [0.1, 0.15) is 17.4 Å². The van der Waals surface area contributed by atoms with Gasteiger partial charge in [0, 0.05) is 42.3 Å². The van der Waals surface area contributed by atoms with E-state index >= 15 is 0 Å². The summed E-state index contributed by atoms with van der Waals surface area (Å²) in [7, 11) is 4.11. The normalized spacial score (nSPS) is 11.0. The predicted octanol–water partition coefficient (Wildman–Crippen LogP) is 4.04. The zero-order valence-corrected chi connectivity index (χ0v) is 16.1. The number of likely N-dealkylation sites (N-methyl/N-ethyl adjacent to an activating group) is 2. The molecule has 0 bridgehead atoms. The zero-order valence-electron chi connectivity index (χ0n) is 15.3. The molecule has 2 aromatic carbocycles. The number of nitrogens with one attached hydrogen (secondary N) is 1. The first-order valence-corrected chi connectivity index (χ1v) is 9.67. The number of hydrogen-bond acceptors (Lipinski definition) is 5. The van der Waals surface area contributed by atoms with Crippen molar-refractivity contribution in [2.75, 3.05) is 27.2 Å². The molecule has 0 aliphatic carbocycles. The third kappa shape index (κ3) is 5.14. The summed E-state index contributed by atoms with van der Waals surface area (Å²) >= 11 is 1.65. The zero-order chi connectivity index (χ0) is 18.2. The van der Waals surface area contributed by atoms with Crippen LogP contribution < -0.4 is 10.1 Å². The Morgan fingerprint density at radius 1 is 1.12 bits per heavy atom. The van der Waals surface area contributed by atoms with Crippen LogP contribution in [-0.2, 0) is 13.2 Å². The largest absolute Gasteiger partial charge is 0.489 e. The Bertz CT molecular complexity index is 787. The fourth-order valence-corrected chi connectivity index (χ4v) is 3.36. The number of aromatic nitrogens is 1. The van der Waals surface area contributed by atoms with E-state index in [1.165, 1.54) is 5.56 Å². The highest BCUT2D eigenvalue weighted by atomic mass is 32.1. The molecule has 0 unspecified atom stereocenters. The van der Waals surface area contributed by atoms with Gasteiger partial charge in [0.25, 0.3) is 0 Å². The van der Waals surface area contributed by atoms with Crippen molar-refractivity contribution in [2.45, 2.75) is 13.2 Å². The third-order valence-electron chi connectivity index (χ3n) is 4.18. The van der Waals surface area contributed by atoms with Crippen molar-refractivity contribution in [3.05, 3.63) is 71.2 Å². The van der Waals surface area contributed by atoms with Gasteiger partial charge in [-0.3, -0.25) is 0 Å². The lowest BCUT2D eigenvalue weighted by Gasteiger charge is -2.19. The topological polar surface area (TPSA) is 37.4 Å². The van der Waals surface area contributed by atoms with Gasteiger partial charge in [-0.15, -0.1) is 11.3 Å². The molecule has 3 aromatic rings. The van der Waals surface area contributed by atoms with Gasteiger partial charge in [-0.05, 0) is 25.7 Å². The number of benzene rings is 2. The van der Waals surface area contributed by atoms with E-state index in [4.69, 9.17) is 4.74 Å². The van der Waals surface area contributed by atoms with Gasteiger partial charge < -0.3 is 15.0 Å². The van der Waals surface area contributed by atoms with Crippen LogP contribution in [0.3, 0.4) is 0 Å². The highest BCUT2D eigenvalue weighted by Crippen LogP contribution is 2.24. The SMILES string of the molecule is CNCCN(C)Cc1ccccc1OCc1ccc(-c2nccs2)cc1. The lowest BCUT2D eigenvalue weighted by molar-refractivity contribution is 0.285. The van der Waals surface area contributed by atoms with Crippen LogP contribution >= 0.6 is 11.3 Å². The number of nitrogens with zero attached hydrogens (tertiary/aromatic N) is 2. The van der Waals surface area contributed by atoms with Gasteiger partial charge >= 0.3 is 0 Å². The maximum Gasteiger partial charge on any atom is 0.124 e. The van der Waals surface area contributed by atoms with Crippen LogP contribution in [0.1, 0.15) is 11.1 Å². The summed E-state index contributed by atoms with van der Waals surface area (Å²) in [4.78, 5) is 6.64. The number of para-hydroxylation sites is 1. The first-order chi connectivity index (χ1) is 12.8. The van der Waals surface area contributed by atoms with E-state index in [9.17, 15) is 0 Å². The second-order valence-corrected chi connectivity index (χ2v) is 7.17. The summed E-state index contributed by atoms with van der Waals surface area (Å²) in [6, 6.07) is 16.7. The minimum atomic E-state index is 0.565. The Hall–Kier alpha value is -2.21. The van der Waals surface area contributed by atoms with Crippen molar-refractivity contribution in [2.24, 2.45) is 0 Å². The minimum absolute atomic E-state index is 0.565. The van der Waals surface area contributed by atoms with Crippen LogP contribution in [0.25, 0.3) is 10.6 Å². The molecule has 3 rings (SSSR count). The summed E-state index contributed by atoms with van der Waals surface area (Å²) in [6.45, 7) is 3.42. The Kier molecular flexibility index (Phi) is 6.77. The lowest BCUT2D eigenvalue weighted by atomic mass is 10.1. The first kappa shape index (κ1) is 18.6. The first-order valence-electron chi connectivity index (χ1n) is 8.79. The standard InChI is InChI=1S/C21H25N3OS/c1-22-11-13-24(2)15-19-5-3-4-6-20(19)25-16-17-7-9-18(10-8-17)21-23-12-14-26-21/h3-10,12,14,22H,11,13,15-16H2,1-2H3. The van der Waals surface area contributed by atoms with Gasteiger partial charge in [0.05, 0.1) is 0 Å². The third-order valence-corrected chi connectivity index (χ3v) is 5.01. The molecule has 0 saturated heterocycles. The smallest absolute Gasteiger partial charge is 0.124 e. The van der Waals surface area contributed by atoms with E-state index in [0.717, 1.165) is 41.5 Å². The van der Waals surface area contributed by atoms with Crippen LogP contribution in [0.2, 0.25) is 0 Å². The van der Waals surface area contributed by atoms with Crippen molar-refractivity contribution in [3.63, 3.8) is 0 Å².